The van der Waals surface area contributed by atoms with E-state index in [2.05, 4.69) is 6.07 Å². The number of hydrogen-bond acceptors (Lipinski definition) is 4. The molecule has 0 amide bonds. The second-order valence-corrected chi connectivity index (χ2v) is 7.35. The summed E-state index contributed by atoms with van der Waals surface area (Å²) in [6.45, 7) is 0. The highest BCUT2D eigenvalue weighted by Gasteiger charge is 2.26. The van der Waals surface area contributed by atoms with Gasteiger partial charge in [0.15, 0.2) is 0 Å². The van der Waals surface area contributed by atoms with Crippen molar-refractivity contribution in [1.82, 2.24) is 0 Å². The number of rotatable bonds is 3. The van der Waals surface area contributed by atoms with E-state index >= 15 is 0 Å². The average Bonchev–Trinajstić information content (AvgIpc) is 2.83. The number of halogens is 1. The third-order valence-electron chi connectivity index (χ3n) is 3.07. The highest BCUT2D eigenvalue weighted by atomic mass is 35.5. The zero-order chi connectivity index (χ0) is 13.2. The minimum absolute atomic E-state index is 0.00410. The molecule has 0 saturated carbocycles. The van der Waals surface area contributed by atoms with Gasteiger partial charge in [0, 0.05) is 28.0 Å². The number of para-hydroxylation sites is 1. The fourth-order valence-corrected chi connectivity index (χ4v) is 4.32. The van der Waals surface area contributed by atoms with Crippen LogP contribution in [0, 0.1) is 0 Å². The Morgan fingerprint density at radius 3 is 2.95 bits per heavy atom. The van der Waals surface area contributed by atoms with Crippen LogP contribution < -0.4 is 10.5 Å². The van der Waals surface area contributed by atoms with Gasteiger partial charge in [-0.1, -0.05) is 23.7 Å². The van der Waals surface area contributed by atoms with Crippen molar-refractivity contribution in [2.45, 2.75) is 23.5 Å². The molecule has 19 heavy (non-hydrogen) atoms. The number of thiophene rings is 1. The fraction of sp³-hybridized carbons (Fsp3) is 0.286. The molecule has 0 radical (unpaired) electrons. The first-order valence-corrected chi connectivity index (χ1v) is 8.28. The Hall–Kier alpha value is -0.680. The molecule has 0 fully saturated rings. The van der Waals surface area contributed by atoms with Crippen LogP contribution in [-0.2, 0) is 6.42 Å². The van der Waals surface area contributed by atoms with Crippen LogP contribution in [0.3, 0.4) is 0 Å². The summed E-state index contributed by atoms with van der Waals surface area (Å²) in [7, 11) is 0. The number of ether oxygens (including phenoxy) is 1. The Kier molecular flexibility index (Phi) is 4.03. The number of nitrogens with two attached hydrogens (primary N) is 1. The van der Waals surface area contributed by atoms with Crippen LogP contribution >= 0.6 is 34.7 Å². The fourth-order valence-electron chi connectivity index (χ4n) is 2.07. The van der Waals surface area contributed by atoms with E-state index in [9.17, 15) is 0 Å². The molecular weight excluding hydrogens is 298 g/mol. The van der Waals surface area contributed by atoms with Gasteiger partial charge in [-0.05, 0) is 24.3 Å². The molecule has 2 atom stereocenters. The highest BCUT2D eigenvalue weighted by Crippen LogP contribution is 2.36. The second-order valence-electron chi connectivity index (χ2n) is 4.49. The van der Waals surface area contributed by atoms with Crippen LogP contribution in [-0.4, -0.2) is 17.9 Å². The van der Waals surface area contributed by atoms with Crippen LogP contribution in [0.4, 0.5) is 0 Å². The molecule has 5 heteroatoms. The zero-order valence-electron chi connectivity index (χ0n) is 10.2. The molecule has 0 bridgehead atoms. The van der Waals surface area contributed by atoms with Crippen molar-refractivity contribution >= 4 is 34.7 Å². The Bertz CT molecular complexity index is 572. The van der Waals surface area contributed by atoms with Crippen molar-refractivity contribution < 1.29 is 4.74 Å². The molecular formula is C14H14ClNOS2. The van der Waals surface area contributed by atoms with Gasteiger partial charge in [0.25, 0.3) is 0 Å². The predicted octanol–water partition coefficient (Wildman–Crippen LogP) is 3.82. The van der Waals surface area contributed by atoms with Crippen molar-refractivity contribution in [2.24, 2.45) is 5.73 Å². The maximum absolute atomic E-state index is 6.27. The average molecular weight is 312 g/mol. The first-order chi connectivity index (χ1) is 9.22. The number of benzene rings is 1. The van der Waals surface area contributed by atoms with Crippen LogP contribution in [0.15, 0.2) is 41.3 Å². The van der Waals surface area contributed by atoms with Crippen LogP contribution in [0.25, 0.3) is 0 Å². The van der Waals surface area contributed by atoms with Crippen LogP contribution in [0.2, 0.25) is 4.34 Å². The molecule has 0 saturated heterocycles. The molecule has 1 aliphatic rings. The lowest BCUT2D eigenvalue weighted by Crippen LogP contribution is -2.43. The minimum atomic E-state index is -0.00410. The first kappa shape index (κ1) is 13.3. The van der Waals surface area contributed by atoms with Gasteiger partial charge >= 0.3 is 0 Å². The lowest BCUT2D eigenvalue weighted by Gasteiger charge is -2.29. The molecule has 2 aromatic rings. The van der Waals surface area contributed by atoms with E-state index in [0.717, 1.165) is 22.3 Å². The molecule has 2 nitrogen and oxygen atoms in total. The second kappa shape index (κ2) is 5.75. The number of hydrogen-bond donors (Lipinski definition) is 1. The van der Waals surface area contributed by atoms with Gasteiger partial charge in [0.1, 0.15) is 11.9 Å². The minimum Gasteiger partial charge on any atom is -0.487 e. The van der Waals surface area contributed by atoms with Crippen molar-refractivity contribution in [3.8, 4) is 5.75 Å². The molecule has 0 spiro atoms. The molecule has 1 aliphatic heterocycles. The topological polar surface area (TPSA) is 35.2 Å². The van der Waals surface area contributed by atoms with E-state index in [1.165, 1.54) is 9.77 Å². The summed E-state index contributed by atoms with van der Waals surface area (Å²) >= 11 is 9.34. The number of thioether (sulfide) groups is 1. The van der Waals surface area contributed by atoms with Gasteiger partial charge < -0.3 is 10.5 Å². The van der Waals surface area contributed by atoms with Crippen molar-refractivity contribution in [3.05, 3.63) is 45.6 Å². The maximum Gasteiger partial charge on any atom is 0.133 e. The Labute approximate surface area is 125 Å². The van der Waals surface area contributed by atoms with E-state index in [-0.39, 0.29) is 12.1 Å². The summed E-state index contributed by atoms with van der Waals surface area (Å²) in [4.78, 5) is 2.41. The molecule has 1 aromatic heterocycles. The molecule has 2 N–H and O–H groups in total. The van der Waals surface area contributed by atoms with E-state index in [0.29, 0.717) is 0 Å². The van der Waals surface area contributed by atoms with Crippen molar-refractivity contribution in [2.75, 3.05) is 5.75 Å². The SMILES string of the molecule is NC(Cc1ccc(Cl)s1)C1CSc2ccccc2O1. The summed E-state index contributed by atoms with van der Waals surface area (Å²) in [6, 6.07) is 12.1. The predicted molar refractivity (Wildman–Crippen MR) is 82.6 cm³/mol. The van der Waals surface area contributed by atoms with E-state index in [1.807, 2.05) is 42.1 Å². The molecule has 0 aliphatic carbocycles. The third kappa shape index (κ3) is 3.08. The van der Waals surface area contributed by atoms with Crippen LogP contribution in [0.1, 0.15) is 4.88 Å². The quantitative estimate of drug-likeness (QED) is 0.936. The number of fused-ring (bicyclic) bond motifs is 1. The van der Waals surface area contributed by atoms with Crippen molar-refractivity contribution in [1.29, 1.82) is 0 Å². The molecule has 3 rings (SSSR count). The summed E-state index contributed by atoms with van der Waals surface area (Å²) < 4.78 is 6.81. The smallest absolute Gasteiger partial charge is 0.133 e. The van der Waals surface area contributed by atoms with Gasteiger partial charge in [0.05, 0.1) is 4.34 Å². The third-order valence-corrected chi connectivity index (χ3v) is 5.47. The Morgan fingerprint density at radius 2 is 2.16 bits per heavy atom. The van der Waals surface area contributed by atoms with E-state index in [1.54, 1.807) is 11.3 Å². The maximum atomic E-state index is 6.27. The van der Waals surface area contributed by atoms with E-state index < -0.39 is 0 Å². The zero-order valence-corrected chi connectivity index (χ0v) is 12.6. The lowest BCUT2D eigenvalue weighted by atomic mass is 10.1. The summed E-state index contributed by atoms with van der Waals surface area (Å²) in [5.41, 5.74) is 6.27. The Balaban J connectivity index is 1.67. The molecule has 2 unspecified atom stereocenters. The van der Waals surface area contributed by atoms with Gasteiger partial charge in [0.2, 0.25) is 0 Å². The molecule has 100 valence electrons. The van der Waals surface area contributed by atoms with Gasteiger partial charge in [-0.2, -0.15) is 0 Å². The normalized spacial score (nSPS) is 19.6. The standard InChI is InChI=1S/C14H14ClNOS2/c15-14-6-5-9(19-14)7-10(16)12-8-18-13-4-2-1-3-11(13)17-12/h1-6,10,12H,7-8,16H2. The van der Waals surface area contributed by atoms with Gasteiger partial charge in [-0.3, -0.25) is 0 Å². The Morgan fingerprint density at radius 1 is 1.32 bits per heavy atom. The molecule has 2 heterocycles. The first-order valence-electron chi connectivity index (χ1n) is 6.10. The van der Waals surface area contributed by atoms with Gasteiger partial charge in [-0.25, -0.2) is 0 Å². The van der Waals surface area contributed by atoms with Crippen molar-refractivity contribution in [3.63, 3.8) is 0 Å². The summed E-state index contributed by atoms with van der Waals surface area (Å²) in [5.74, 6) is 1.85. The highest BCUT2D eigenvalue weighted by molar-refractivity contribution is 7.99. The lowest BCUT2D eigenvalue weighted by molar-refractivity contribution is 0.184. The summed E-state index contributed by atoms with van der Waals surface area (Å²) in [5, 5.41) is 0. The van der Waals surface area contributed by atoms with Gasteiger partial charge in [-0.15, -0.1) is 23.1 Å². The van der Waals surface area contributed by atoms with E-state index in [4.69, 9.17) is 22.1 Å². The van der Waals surface area contributed by atoms with Crippen LogP contribution in [0.5, 0.6) is 5.75 Å². The monoisotopic (exact) mass is 311 g/mol. The summed E-state index contributed by atoms with van der Waals surface area (Å²) in [6.07, 6.45) is 0.867. The molecule has 1 aromatic carbocycles. The largest absolute Gasteiger partial charge is 0.487 e.